The minimum Gasteiger partial charge on any atom is -0.350 e. The Hall–Kier alpha value is -3.07. The molecule has 2 amide bonds. The summed E-state index contributed by atoms with van der Waals surface area (Å²) in [5.41, 5.74) is 1.73. The van der Waals surface area contributed by atoms with E-state index in [4.69, 9.17) is 5.26 Å². The number of hydrogen-bond donors (Lipinski definition) is 2. The van der Waals surface area contributed by atoms with Crippen LogP contribution in [0.5, 0.6) is 0 Å². The fourth-order valence-electron chi connectivity index (χ4n) is 2.13. The number of aryl methyl sites for hydroxylation is 1. The second kappa shape index (κ2) is 7.27. The van der Waals surface area contributed by atoms with Crippen LogP contribution in [-0.4, -0.2) is 22.4 Å². The Balaban J connectivity index is 1.91. The number of aromatic nitrogens is 1. The highest BCUT2D eigenvalue weighted by atomic mass is 16.2. The van der Waals surface area contributed by atoms with Crippen LogP contribution in [0.4, 0.5) is 0 Å². The number of carbonyl (C=O) groups excluding carboxylic acids is 2. The van der Waals surface area contributed by atoms with E-state index in [1.54, 1.807) is 24.7 Å². The SMILES string of the molecule is CC(NC(=O)c1cc(C#N)cn1C)C(=O)NCc1ccccc1. The molecule has 2 aromatic rings. The van der Waals surface area contributed by atoms with Crippen molar-refractivity contribution in [2.75, 3.05) is 0 Å². The predicted molar refractivity (Wildman–Crippen MR) is 85.3 cm³/mol. The van der Waals surface area contributed by atoms with Crippen LogP contribution in [0.2, 0.25) is 0 Å². The molecule has 118 valence electrons. The van der Waals surface area contributed by atoms with Gasteiger partial charge >= 0.3 is 0 Å². The zero-order chi connectivity index (χ0) is 16.8. The Morgan fingerprint density at radius 2 is 2.00 bits per heavy atom. The van der Waals surface area contributed by atoms with Crippen molar-refractivity contribution in [1.29, 1.82) is 5.26 Å². The number of nitrogens with zero attached hydrogens (tertiary/aromatic N) is 2. The highest BCUT2D eigenvalue weighted by Crippen LogP contribution is 2.06. The Labute approximate surface area is 134 Å². The first-order chi connectivity index (χ1) is 11.0. The van der Waals surface area contributed by atoms with Gasteiger partial charge in [-0.1, -0.05) is 30.3 Å². The van der Waals surface area contributed by atoms with Gasteiger partial charge < -0.3 is 15.2 Å². The minimum atomic E-state index is -0.674. The van der Waals surface area contributed by atoms with Gasteiger partial charge in [0.25, 0.3) is 5.91 Å². The number of benzene rings is 1. The molecule has 0 aliphatic heterocycles. The Kier molecular flexibility index (Phi) is 5.15. The molecular weight excluding hydrogens is 292 g/mol. The van der Waals surface area contributed by atoms with E-state index >= 15 is 0 Å². The molecule has 1 atom stereocenters. The van der Waals surface area contributed by atoms with Gasteiger partial charge in [-0.15, -0.1) is 0 Å². The quantitative estimate of drug-likeness (QED) is 0.873. The molecule has 6 heteroatoms. The third kappa shape index (κ3) is 4.20. The highest BCUT2D eigenvalue weighted by Gasteiger charge is 2.18. The minimum absolute atomic E-state index is 0.267. The highest BCUT2D eigenvalue weighted by molar-refractivity contribution is 5.96. The average molecular weight is 310 g/mol. The molecule has 1 aromatic heterocycles. The van der Waals surface area contributed by atoms with Gasteiger partial charge in [-0.3, -0.25) is 9.59 Å². The molecule has 0 radical (unpaired) electrons. The molecular formula is C17H18N4O2. The van der Waals surface area contributed by atoms with Crippen molar-refractivity contribution in [1.82, 2.24) is 15.2 Å². The van der Waals surface area contributed by atoms with Crippen molar-refractivity contribution in [3.05, 3.63) is 59.4 Å². The molecule has 2 N–H and O–H groups in total. The molecule has 1 unspecified atom stereocenters. The number of carbonyl (C=O) groups is 2. The lowest BCUT2D eigenvalue weighted by Crippen LogP contribution is -2.44. The Bertz CT molecular complexity index is 744. The Morgan fingerprint density at radius 3 is 2.61 bits per heavy atom. The number of nitriles is 1. The lowest BCUT2D eigenvalue weighted by molar-refractivity contribution is -0.122. The fourth-order valence-corrected chi connectivity index (χ4v) is 2.13. The van der Waals surface area contributed by atoms with Crippen LogP contribution >= 0.6 is 0 Å². The first-order valence-electron chi connectivity index (χ1n) is 7.20. The molecule has 23 heavy (non-hydrogen) atoms. The van der Waals surface area contributed by atoms with Crippen LogP contribution in [0.15, 0.2) is 42.6 Å². The van der Waals surface area contributed by atoms with Crippen molar-refractivity contribution < 1.29 is 9.59 Å². The summed E-state index contributed by atoms with van der Waals surface area (Å²) in [6.45, 7) is 2.02. The Morgan fingerprint density at radius 1 is 1.30 bits per heavy atom. The zero-order valence-electron chi connectivity index (χ0n) is 13.0. The van der Waals surface area contributed by atoms with Crippen molar-refractivity contribution in [3.8, 4) is 6.07 Å². The van der Waals surface area contributed by atoms with Gasteiger partial charge in [-0.05, 0) is 18.6 Å². The normalized spacial score (nSPS) is 11.3. The number of rotatable bonds is 5. The van der Waals surface area contributed by atoms with Crippen molar-refractivity contribution in [3.63, 3.8) is 0 Å². The standard InChI is InChI=1S/C17H18N4O2/c1-12(16(22)19-10-13-6-4-3-5-7-13)20-17(23)15-8-14(9-18)11-21(15)2/h3-8,11-12H,10H2,1-2H3,(H,19,22)(H,20,23). The monoisotopic (exact) mass is 310 g/mol. The molecule has 6 nitrogen and oxygen atoms in total. The molecule has 0 aliphatic rings. The van der Waals surface area contributed by atoms with Crippen molar-refractivity contribution >= 4 is 11.8 Å². The van der Waals surface area contributed by atoms with E-state index in [2.05, 4.69) is 10.6 Å². The topological polar surface area (TPSA) is 86.9 Å². The molecule has 0 fully saturated rings. The van der Waals surface area contributed by atoms with Gasteiger partial charge in [0.05, 0.1) is 5.56 Å². The molecule has 2 rings (SSSR count). The van der Waals surface area contributed by atoms with Crippen molar-refractivity contribution in [2.45, 2.75) is 19.5 Å². The summed E-state index contributed by atoms with van der Waals surface area (Å²) in [5, 5.41) is 14.2. The van der Waals surface area contributed by atoms with E-state index in [1.165, 1.54) is 6.07 Å². The first kappa shape index (κ1) is 16.3. The van der Waals surface area contributed by atoms with Crippen LogP contribution in [-0.2, 0) is 18.4 Å². The van der Waals surface area contributed by atoms with Crippen molar-refractivity contribution in [2.24, 2.45) is 7.05 Å². The van der Waals surface area contributed by atoms with Gasteiger partial charge in [0.2, 0.25) is 5.91 Å². The van der Waals surface area contributed by atoms with E-state index < -0.39 is 11.9 Å². The smallest absolute Gasteiger partial charge is 0.268 e. The number of nitrogens with one attached hydrogen (secondary N) is 2. The maximum Gasteiger partial charge on any atom is 0.268 e. The summed E-state index contributed by atoms with van der Waals surface area (Å²) in [6.07, 6.45) is 1.56. The second-order valence-corrected chi connectivity index (χ2v) is 5.24. The predicted octanol–water partition coefficient (Wildman–Crippen LogP) is 1.33. The third-order valence-corrected chi connectivity index (χ3v) is 3.42. The van der Waals surface area contributed by atoms with E-state index in [1.807, 2.05) is 36.4 Å². The van der Waals surface area contributed by atoms with Gasteiger partial charge in [0.15, 0.2) is 0 Å². The molecule has 1 aromatic carbocycles. The summed E-state index contributed by atoms with van der Waals surface area (Å²) in [4.78, 5) is 24.2. The maximum atomic E-state index is 12.2. The lowest BCUT2D eigenvalue weighted by atomic mass is 10.2. The number of hydrogen-bond acceptors (Lipinski definition) is 3. The molecule has 1 heterocycles. The van der Waals surface area contributed by atoms with E-state index in [0.717, 1.165) is 5.56 Å². The van der Waals surface area contributed by atoms with Crippen LogP contribution in [0.1, 0.15) is 28.5 Å². The largest absolute Gasteiger partial charge is 0.350 e. The molecule has 0 spiro atoms. The summed E-state index contributed by atoms with van der Waals surface area (Å²) in [7, 11) is 1.68. The lowest BCUT2D eigenvalue weighted by Gasteiger charge is -2.14. The second-order valence-electron chi connectivity index (χ2n) is 5.24. The molecule has 0 aliphatic carbocycles. The van der Waals surface area contributed by atoms with Gasteiger partial charge in [-0.2, -0.15) is 5.26 Å². The summed E-state index contributed by atoms with van der Waals surface area (Å²) >= 11 is 0. The fraction of sp³-hybridized carbons (Fsp3) is 0.235. The van der Waals surface area contributed by atoms with Crippen LogP contribution in [0.3, 0.4) is 0 Å². The average Bonchev–Trinajstić information content (AvgIpc) is 2.94. The molecule has 0 saturated heterocycles. The van der Waals surface area contributed by atoms with Crippen LogP contribution in [0.25, 0.3) is 0 Å². The summed E-state index contributed by atoms with van der Waals surface area (Å²) in [5.74, 6) is -0.659. The van der Waals surface area contributed by atoms with Crippen LogP contribution < -0.4 is 10.6 Å². The summed E-state index contributed by atoms with van der Waals surface area (Å²) in [6, 6.07) is 12.3. The molecule has 0 bridgehead atoms. The maximum absolute atomic E-state index is 12.2. The van der Waals surface area contributed by atoms with Gasteiger partial charge in [-0.25, -0.2) is 0 Å². The van der Waals surface area contributed by atoms with Crippen LogP contribution in [0, 0.1) is 11.3 Å². The van der Waals surface area contributed by atoms with E-state index in [-0.39, 0.29) is 5.91 Å². The summed E-state index contributed by atoms with van der Waals surface area (Å²) < 4.78 is 1.56. The molecule has 0 saturated carbocycles. The first-order valence-corrected chi connectivity index (χ1v) is 7.20. The zero-order valence-corrected chi connectivity index (χ0v) is 13.0. The van der Waals surface area contributed by atoms with E-state index in [9.17, 15) is 9.59 Å². The number of amides is 2. The van der Waals surface area contributed by atoms with Gasteiger partial charge in [0.1, 0.15) is 17.8 Å². The van der Waals surface area contributed by atoms with Gasteiger partial charge in [0, 0.05) is 19.8 Å². The third-order valence-electron chi connectivity index (χ3n) is 3.42. The van der Waals surface area contributed by atoms with E-state index in [0.29, 0.717) is 17.8 Å².